The maximum absolute atomic E-state index is 12.6. The Morgan fingerprint density at radius 1 is 1.12 bits per heavy atom. The van der Waals surface area contributed by atoms with Crippen molar-refractivity contribution in [1.82, 2.24) is 19.6 Å². The van der Waals surface area contributed by atoms with Gasteiger partial charge in [0.1, 0.15) is 19.0 Å². The lowest BCUT2D eigenvalue weighted by molar-refractivity contribution is -0.113. The smallest absolute Gasteiger partial charge is 0.266 e. The number of aromatic amines is 1. The molecule has 4 aromatic rings. The Hall–Kier alpha value is -3.99. The van der Waals surface area contributed by atoms with E-state index in [0.717, 1.165) is 11.3 Å². The molecule has 0 atom stereocenters. The second kappa shape index (κ2) is 9.48. The molecule has 1 amide bonds. The van der Waals surface area contributed by atoms with Crippen LogP contribution >= 0.6 is 11.8 Å². The van der Waals surface area contributed by atoms with Crippen LogP contribution in [0.1, 0.15) is 6.92 Å². The van der Waals surface area contributed by atoms with Crippen LogP contribution in [0, 0.1) is 0 Å². The minimum atomic E-state index is -0.305. The van der Waals surface area contributed by atoms with Crippen molar-refractivity contribution >= 4 is 29.0 Å². The number of rotatable bonds is 7. The van der Waals surface area contributed by atoms with Crippen LogP contribution in [0.25, 0.3) is 17.0 Å². The molecule has 3 heterocycles. The van der Waals surface area contributed by atoms with E-state index < -0.39 is 0 Å². The molecule has 1 aliphatic rings. The highest BCUT2D eigenvalue weighted by molar-refractivity contribution is 7.99. The number of aromatic nitrogens is 4. The summed E-state index contributed by atoms with van der Waals surface area (Å²) in [6.45, 7) is 3.46. The molecule has 2 aromatic heterocycles. The van der Waals surface area contributed by atoms with E-state index in [0.29, 0.717) is 53.6 Å². The molecule has 174 valence electrons. The zero-order valence-electron chi connectivity index (χ0n) is 18.2. The molecule has 0 saturated carbocycles. The predicted octanol–water partition coefficient (Wildman–Crippen LogP) is 2.99. The van der Waals surface area contributed by atoms with E-state index >= 15 is 0 Å². The first-order valence-corrected chi connectivity index (χ1v) is 11.6. The van der Waals surface area contributed by atoms with Gasteiger partial charge < -0.3 is 19.5 Å². The van der Waals surface area contributed by atoms with Crippen LogP contribution in [0.2, 0.25) is 0 Å². The van der Waals surface area contributed by atoms with Crippen molar-refractivity contribution in [3.8, 4) is 28.6 Å². The first-order chi connectivity index (χ1) is 16.6. The number of hydrogen-bond acceptors (Lipinski definition) is 8. The van der Waals surface area contributed by atoms with Gasteiger partial charge in [-0.05, 0) is 43.3 Å². The lowest BCUT2D eigenvalue weighted by Crippen LogP contribution is -2.17. The molecule has 0 spiro atoms. The third kappa shape index (κ3) is 4.69. The Morgan fingerprint density at radius 2 is 1.91 bits per heavy atom. The molecular formula is C23H21N5O5S. The van der Waals surface area contributed by atoms with Crippen molar-refractivity contribution in [2.24, 2.45) is 0 Å². The van der Waals surface area contributed by atoms with E-state index in [1.165, 1.54) is 22.3 Å². The Morgan fingerprint density at radius 3 is 2.71 bits per heavy atom. The van der Waals surface area contributed by atoms with Crippen LogP contribution < -0.4 is 25.1 Å². The van der Waals surface area contributed by atoms with E-state index in [2.05, 4.69) is 20.4 Å². The summed E-state index contributed by atoms with van der Waals surface area (Å²) in [5, 5.41) is 5.96. The number of amides is 1. The highest BCUT2D eigenvalue weighted by Crippen LogP contribution is 2.32. The standard InChI is InChI=1S/C23H21N5O5S/c1-2-31-16-6-3-14(4-7-16)22-25-19-12-20(29)27-28(19)23(26-22)34-13-21(30)24-15-5-8-17-18(11-15)33-10-9-32-17/h3-8,11-12H,2,9-10,13H2,1H3,(H,24,30)(H,27,29). The number of hydrogen-bond donors (Lipinski definition) is 2. The average Bonchev–Trinajstić information content (AvgIpc) is 3.23. The van der Waals surface area contributed by atoms with E-state index in [1.54, 1.807) is 18.2 Å². The number of carbonyl (C=O) groups excluding carboxylic acids is 1. The summed E-state index contributed by atoms with van der Waals surface area (Å²) in [7, 11) is 0. The van der Waals surface area contributed by atoms with Gasteiger partial charge in [-0.2, -0.15) is 0 Å². The number of fused-ring (bicyclic) bond motifs is 2. The molecule has 1 aliphatic heterocycles. The number of carbonyl (C=O) groups is 1. The van der Waals surface area contributed by atoms with Gasteiger partial charge in [0, 0.05) is 23.4 Å². The molecule has 2 aromatic carbocycles. The van der Waals surface area contributed by atoms with E-state index in [-0.39, 0.29) is 17.2 Å². The lowest BCUT2D eigenvalue weighted by Gasteiger charge is -2.19. The minimum Gasteiger partial charge on any atom is -0.494 e. The average molecular weight is 480 g/mol. The molecule has 10 nitrogen and oxygen atoms in total. The van der Waals surface area contributed by atoms with Gasteiger partial charge in [-0.3, -0.25) is 14.7 Å². The van der Waals surface area contributed by atoms with Crippen molar-refractivity contribution < 1.29 is 19.0 Å². The largest absolute Gasteiger partial charge is 0.494 e. The molecule has 2 N–H and O–H groups in total. The topological polar surface area (TPSA) is 120 Å². The summed E-state index contributed by atoms with van der Waals surface area (Å²) in [5.74, 6) is 2.28. The molecule has 0 unspecified atom stereocenters. The summed E-state index contributed by atoms with van der Waals surface area (Å²) >= 11 is 1.19. The quantitative estimate of drug-likeness (QED) is 0.388. The maximum Gasteiger partial charge on any atom is 0.266 e. The van der Waals surface area contributed by atoms with E-state index in [4.69, 9.17) is 14.2 Å². The van der Waals surface area contributed by atoms with Crippen molar-refractivity contribution in [3.05, 3.63) is 58.9 Å². The Balaban J connectivity index is 1.34. The summed E-state index contributed by atoms with van der Waals surface area (Å²) in [4.78, 5) is 33.6. The minimum absolute atomic E-state index is 0.0729. The molecule has 11 heteroatoms. The number of thioether (sulfide) groups is 1. The first-order valence-electron chi connectivity index (χ1n) is 10.6. The fourth-order valence-electron chi connectivity index (χ4n) is 3.42. The molecule has 0 bridgehead atoms. The SMILES string of the molecule is CCOc1ccc(-c2nc(SCC(=O)Nc3ccc4c(c3)OCCO4)n3[nH]c(=O)cc3n2)cc1. The van der Waals surface area contributed by atoms with Gasteiger partial charge in [-0.1, -0.05) is 11.8 Å². The van der Waals surface area contributed by atoms with Gasteiger partial charge in [0.05, 0.1) is 12.4 Å². The van der Waals surface area contributed by atoms with Crippen LogP contribution in [0.3, 0.4) is 0 Å². The summed E-state index contributed by atoms with van der Waals surface area (Å²) in [6.07, 6.45) is 0. The molecule has 0 fully saturated rings. The third-order valence-electron chi connectivity index (χ3n) is 4.91. The Labute approximate surface area is 198 Å². The monoisotopic (exact) mass is 479 g/mol. The molecule has 0 radical (unpaired) electrons. The molecule has 0 saturated heterocycles. The molecule has 34 heavy (non-hydrogen) atoms. The normalized spacial score (nSPS) is 12.5. The third-order valence-corrected chi connectivity index (χ3v) is 5.84. The van der Waals surface area contributed by atoms with E-state index in [9.17, 15) is 9.59 Å². The Kier molecular flexibility index (Phi) is 6.09. The Bertz CT molecular complexity index is 1400. The maximum atomic E-state index is 12.6. The lowest BCUT2D eigenvalue weighted by atomic mass is 10.2. The number of benzene rings is 2. The van der Waals surface area contributed by atoms with Gasteiger partial charge >= 0.3 is 0 Å². The van der Waals surface area contributed by atoms with Crippen LogP contribution in [0.5, 0.6) is 17.2 Å². The van der Waals surface area contributed by atoms with Crippen molar-refractivity contribution in [1.29, 1.82) is 0 Å². The zero-order chi connectivity index (χ0) is 23.5. The van der Waals surface area contributed by atoms with Gasteiger partial charge in [-0.15, -0.1) is 0 Å². The van der Waals surface area contributed by atoms with Crippen LogP contribution in [0.4, 0.5) is 5.69 Å². The van der Waals surface area contributed by atoms with Gasteiger partial charge in [-0.25, -0.2) is 14.5 Å². The van der Waals surface area contributed by atoms with Crippen LogP contribution in [-0.4, -0.2) is 51.1 Å². The highest BCUT2D eigenvalue weighted by atomic mass is 32.2. The fourth-order valence-corrected chi connectivity index (χ4v) is 4.18. The molecular weight excluding hydrogens is 458 g/mol. The second-order valence-corrected chi connectivity index (χ2v) is 8.24. The number of H-pyrrole nitrogens is 1. The van der Waals surface area contributed by atoms with Gasteiger partial charge in [0.15, 0.2) is 28.1 Å². The van der Waals surface area contributed by atoms with Crippen molar-refractivity contribution in [2.45, 2.75) is 12.1 Å². The van der Waals surface area contributed by atoms with Crippen LogP contribution in [-0.2, 0) is 4.79 Å². The van der Waals surface area contributed by atoms with Crippen molar-refractivity contribution in [2.75, 3.05) is 30.9 Å². The molecule has 0 aliphatic carbocycles. The number of nitrogens with one attached hydrogen (secondary N) is 2. The van der Waals surface area contributed by atoms with Gasteiger partial charge in [0.2, 0.25) is 5.91 Å². The fraction of sp³-hybridized carbons (Fsp3) is 0.217. The van der Waals surface area contributed by atoms with E-state index in [1.807, 2.05) is 31.2 Å². The zero-order valence-corrected chi connectivity index (χ0v) is 19.1. The molecule has 5 rings (SSSR count). The summed E-state index contributed by atoms with van der Waals surface area (Å²) in [6, 6.07) is 14.0. The highest BCUT2D eigenvalue weighted by Gasteiger charge is 2.15. The number of nitrogens with zero attached hydrogens (tertiary/aromatic N) is 3. The second-order valence-electron chi connectivity index (χ2n) is 7.30. The summed E-state index contributed by atoms with van der Waals surface area (Å²) in [5.41, 5.74) is 1.48. The van der Waals surface area contributed by atoms with Gasteiger partial charge in [0.25, 0.3) is 5.56 Å². The predicted molar refractivity (Wildman–Crippen MR) is 127 cm³/mol. The summed E-state index contributed by atoms with van der Waals surface area (Å²) < 4.78 is 18.0. The number of anilines is 1. The first kappa shape index (κ1) is 21.8. The van der Waals surface area contributed by atoms with Crippen LogP contribution in [0.15, 0.2) is 58.5 Å². The number of ether oxygens (including phenoxy) is 3. The van der Waals surface area contributed by atoms with Crippen molar-refractivity contribution in [3.63, 3.8) is 0 Å².